The third-order valence-electron chi connectivity index (χ3n) is 7.18. The van der Waals surface area contributed by atoms with Crippen molar-refractivity contribution in [2.45, 2.75) is 20.0 Å². The van der Waals surface area contributed by atoms with Crippen LogP contribution in [0.4, 0.5) is 16.2 Å². The van der Waals surface area contributed by atoms with Crippen molar-refractivity contribution in [1.29, 1.82) is 0 Å². The van der Waals surface area contributed by atoms with Crippen LogP contribution in [0.1, 0.15) is 24.2 Å². The molecule has 0 radical (unpaired) electrons. The van der Waals surface area contributed by atoms with Gasteiger partial charge >= 0.3 is 6.09 Å². The standard InChI is InChI=1S/C29H33BrN6O5/c1-4-41-29(39)36-11-9-35(10-12-36)19-13-17(2)26-22(15-19)33-27(34-26)25-21(7-8-31-28(25)38)32-16-23(37)18-5-6-24(40-3)20(30)14-18/h5-8,13-15,23,37H,4,9-12,16H2,1-3H3,(H,33,34)(H2,31,32,38). The molecule has 41 heavy (non-hydrogen) atoms. The highest BCUT2D eigenvalue weighted by atomic mass is 79.9. The zero-order chi connectivity index (χ0) is 29.1. The predicted octanol–water partition coefficient (Wildman–Crippen LogP) is 4.42. The van der Waals surface area contributed by atoms with Crippen LogP contribution in [0.25, 0.3) is 22.4 Å². The molecule has 0 saturated carbocycles. The number of hydrogen-bond acceptors (Lipinski definition) is 8. The van der Waals surface area contributed by atoms with E-state index in [1.54, 1.807) is 49.4 Å². The maximum Gasteiger partial charge on any atom is 0.409 e. The van der Waals surface area contributed by atoms with Gasteiger partial charge in [-0.05, 0) is 71.2 Å². The van der Waals surface area contributed by atoms with Crippen molar-refractivity contribution in [3.8, 4) is 17.1 Å². The number of aromatic amines is 2. The summed E-state index contributed by atoms with van der Waals surface area (Å²) < 4.78 is 11.1. The number of rotatable bonds is 8. The van der Waals surface area contributed by atoms with Gasteiger partial charge in [-0.15, -0.1) is 0 Å². The zero-order valence-corrected chi connectivity index (χ0v) is 24.7. The Morgan fingerprint density at radius 3 is 2.68 bits per heavy atom. The number of methoxy groups -OCH3 is 1. The van der Waals surface area contributed by atoms with E-state index in [1.807, 2.05) is 13.0 Å². The predicted molar refractivity (Wildman–Crippen MR) is 162 cm³/mol. The Labute approximate surface area is 245 Å². The SMILES string of the molecule is CCOC(=O)N1CCN(c2cc(C)c3nc(-c4c(NCC(O)c5ccc(OC)c(Br)c5)cc[nH]c4=O)[nH]c3c2)CC1. The Morgan fingerprint density at radius 1 is 1.20 bits per heavy atom. The molecule has 4 N–H and O–H groups in total. The highest BCUT2D eigenvalue weighted by Gasteiger charge is 2.23. The van der Waals surface area contributed by atoms with Crippen LogP contribution in [0.5, 0.6) is 5.75 Å². The van der Waals surface area contributed by atoms with Gasteiger partial charge in [0.25, 0.3) is 5.56 Å². The molecule has 5 rings (SSSR count). The molecule has 0 aliphatic carbocycles. The smallest absolute Gasteiger partial charge is 0.409 e. The highest BCUT2D eigenvalue weighted by molar-refractivity contribution is 9.10. The number of carbonyl (C=O) groups excluding carboxylic acids is 1. The van der Waals surface area contributed by atoms with Crippen LogP contribution in [0.2, 0.25) is 0 Å². The topological polar surface area (TPSA) is 136 Å². The molecule has 11 nitrogen and oxygen atoms in total. The van der Waals surface area contributed by atoms with Gasteiger partial charge < -0.3 is 39.7 Å². The molecule has 1 unspecified atom stereocenters. The van der Waals surface area contributed by atoms with E-state index in [4.69, 9.17) is 14.5 Å². The Morgan fingerprint density at radius 2 is 1.98 bits per heavy atom. The summed E-state index contributed by atoms with van der Waals surface area (Å²) in [4.78, 5) is 39.9. The van der Waals surface area contributed by atoms with Crippen molar-refractivity contribution < 1.29 is 19.4 Å². The number of amides is 1. The largest absolute Gasteiger partial charge is 0.496 e. The number of ether oxygens (including phenoxy) is 2. The van der Waals surface area contributed by atoms with Gasteiger partial charge in [0.1, 0.15) is 17.1 Å². The number of imidazole rings is 1. The summed E-state index contributed by atoms with van der Waals surface area (Å²) >= 11 is 3.45. The van der Waals surface area contributed by atoms with E-state index in [-0.39, 0.29) is 18.2 Å². The fraction of sp³-hybridized carbons (Fsp3) is 0.345. The van der Waals surface area contributed by atoms with E-state index in [9.17, 15) is 14.7 Å². The molecule has 4 aromatic rings. The van der Waals surface area contributed by atoms with E-state index < -0.39 is 6.10 Å². The van der Waals surface area contributed by atoms with Crippen LogP contribution in [0, 0.1) is 6.92 Å². The van der Waals surface area contributed by atoms with Crippen molar-refractivity contribution in [2.75, 3.05) is 56.7 Å². The number of nitrogens with zero attached hydrogens (tertiary/aromatic N) is 3. The van der Waals surface area contributed by atoms with Gasteiger partial charge in [0.15, 0.2) is 0 Å². The summed E-state index contributed by atoms with van der Waals surface area (Å²) in [6.45, 7) is 6.86. The van der Waals surface area contributed by atoms with Gasteiger partial charge in [-0.3, -0.25) is 4.79 Å². The fourth-order valence-electron chi connectivity index (χ4n) is 5.01. The van der Waals surface area contributed by atoms with E-state index in [1.165, 1.54) is 0 Å². The Kier molecular flexibility index (Phi) is 8.50. The second kappa shape index (κ2) is 12.2. The maximum atomic E-state index is 13.0. The third kappa shape index (κ3) is 6.03. The Balaban J connectivity index is 1.36. The first-order chi connectivity index (χ1) is 19.8. The van der Waals surface area contributed by atoms with Gasteiger partial charge in [0, 0.05) is 44.6 Å². The lowest BCUT2D eigenvalue weighted by Gasteiger charge is -2.35. The molecule has 1 aliphatic rings. The van der Waals surface area contributed by atoms with Gasteiger partial charge in [0.05, 0.1) is 41.0 Å². The zero-order valence-electron chi connectivity index (χ0n) is 23.2. The molecular formula is C29H33BrN6O5. The summed E-state index contributed by atoms with van der Waals surface area (Å²) in [5, 5.41) is 14.0. The quantitative estimate of drug-likeness (QED) is 0.226. The number of halogens is 1. The number of anilines is 2. The number of piperazine rings is 1. The number of carbonyl (C=O) groups is 1. The van der Waals surface area contributed by atoms with Gasteiger partial charge in [-0.1, -0.05) is 6.07 Å². The minimum absolute atomic E-state index is 0.177. The molecule has 1 aliphatic heterocycles. The Hall–Kier alpha value is -4.03. The van der Waals surface area contributed by atoms with Gasteiger partial charge in [0.2, 0.25) is 0 Å². The summed E-state index contributed by atoms with van der Waals surface area (Å²) in [6, 6.07) is 11.2. The molecule has 1 fully saturated rings. The number of aromatic nitrogens is 3. The summed E-state index contributed by atoms with van der Waals surface area (Å²) in [5.41, 5.74) is 4.86. The summed E-state index contributed by atoms with van der Waals surface area (Å²) in [7, 11) is 1.58. The molecule has 2 aromatic heterocycles. The molecule has 3 heterocycles. The van der Waals surface area contributed by atoms with Crippen LogP contribution in [-0.2, 0) is 4.74 Å². The normalized spacial score (nSPS) is 14.3. The van der Waals surface area contributed by atoms with Gasteiger partial charge in [-0.2, -0.15) is 0 Å². The van der Waals surface area contributed by atoms with Crippen molar-refractivity contribution >= 4 is 44.4 Å². The fourth-order valence-corrected chi connectivity index (χ4v) is 5.57. The van der Waals surface area contributed by atoms with Crippen molar-refractivity contribution in [2.24, 2.45) is 0 Å². The average molecular weight is 626 g/mol. The Bertz CT molecular complexity index is 1610. The summed E-state index contributed by atoms with van der Waals surface area (Å²) in [5.74, 6) is 1.10. The number of aliphatic hydroxyl groups is 1. The number of aryl methyl sites for hydroxylation is 1. The van der Waals surface area contributed by atoms with Crippen LogP contribution in [-0.4, -0.2) is 77.5 Å². The van der Waals surface area contributed by atoms with E-state index >= 15 is 0 Å². The number of pyridine rings is 1. The molecule has 2 aromatic carbocycles. The number of aliphatic hydroxyl groups excluding tert-OH is 1. The molecule has 1 saturated heterocycles. The molecule has 0 bridgehead atoms. The highest BCUT2D eigenvalue weighted by Crippen LogP contribution is 2.31. The minimum atomic E-state index is -0.825. The third-order valence-corrected chi connectivity index (χ3v) is 7.80. The van der Waals surface area contributed by atoms with Crippen LogP contribution >= 0.6 is 15.9 Å². The molecule has 0 spiro atoms. The second-order valence-corrected chi connectivity index (χ2v) is 10.7. The van der Waals surface area contributed by atoms with E-state index in [2.05, 4.69) is 42.2 Å². The number of fused-ring (bicyclic) bond motifs is 1. The van der Waals surface area contributed by atoms with Crippen molar-refractivity contribution in [1.82, 2.24) is 19.9 Å². The van der Waals surface area contributed by atoms with E-state index in [0.29, 0.717) is 61.2 Å². The average Bonchev–Trinajstić information content (AvgIpc) is 3.40. The first-order valence-electron chi connectivity index (χ1n) is 13.4. The minimum Gasteiger partial charge on any atom is -0.496 e. The number of hydrogen-bond donors (Lipinski definition) is 4. The first-order valence-corrected chi connectivity index (χ1v) is 14.2. The van der Waals surface area contributed by atoms with Crippen molar-refractivity contribution in [3.05, 3.63) is 68.5 Å². The number of benzene rings is 2. The van der Waals surface area contributed by atoms with Crippen LogP contribution in [0.3, 0.4) is 0 Å². The van der Waals surface area contributed by atoms with Gasteiger partial charge in [-0.25, -0.2) is 9.78 Å². The maximum absolute atomic E-state index is 13.0. The second-order valence-electron chi connectivity index (χ2n) is 9.80. The molecular weight excluding hydrogens is 592 g/mol. The number of nitrogens with one attached hydrogen (secondary N) is 3. The lowest BCUT2D eigenvalue weighted by molar-refractivity contribution is 0.105. The molecule has 1 amide bonds. The number of H-pyrrole nitrogens is 2. The van der Waals surface area contributed by atoms with Crippen molar-refractivity contribution in [3.63, 3.8) is 0 Å². The van der Waals surface area contributed by atoms with Crippen LogP contribution in [0.15, 0.2) is 51.9 Å². The lowest BCUT2D eigenvalue weighted by atomic mass is 10.1. The molecule has 1 atom stereocenters. The van der Waals surface area contributed by atoms with Crippen LogP contribution < -0.4 is 20.5 Å². The van der Waals surface area contributed by atoms with E-state index in [0.717, 1.165) is 26.8 Å². The monoisotopic (exact) mass is 624 g/mol. The lowest BCUT2D eigenvalue weighted by Crippen LogP contribution is -2.49. The molecule has 216 valence electrons. The summed E-state index contributed by atoms with van der Waals surface area (Å²) in [6.07, 6.45) is 0.458. The molecule has 12 heteroatoms. The first kappa shape index (κ1) is 28.5.